The third-order valence-corrected chi connectivity index (χ3v) is 18.3. The average Bonchev–Trinajstić information content (AvgIpc) is 0.806. The van der Waals surface area contributed by atoms with E-state index in [2.05, 4.69) is 26.6 Å². The van der Waals surface area contributed by atoms with Crippen LogP contribution in [0.3, 0.4) is 0 Å². The summed E-state index contributed by atoms with van der Waals surface area (Å²) >= 11 is 0. The second-order valence-corrected chi connectivity index (χ2v) is 28.6. The van der Waals surface area contributed by atoms with Gasteiger partial charge in [0.25, 0.3) is 0 Å². The summed E-state index contributed by atoms with van der Waals surface area (Å²) in [5.41, 5.74) is -1.68. The Bertz CT molecular complexity index is 2530. The summed E-state index contributed by atoms with van der Waals surface area (Å²) in [6.07, 6.45) is -4.21. The van der Waals surface area contributed by atoms with E-state index < -0.39 is 156 Å². The van der Waals surface area contributed by atoms with Crippen molar-refractivity contribution in [3.05, 3.63) is 0 Å². The number of hydrogen-bond acceptors (Lipinski definition) is 17. The molecule has 1 heterocycles. The largest absolute Gasteiger partial charge is 0.406 e. The Kier molecular flexibility index (Phi) is 36.5. The van der Waals surface area contributed by atoms with E-state index in [-0.39, 0.29) is 81.4 Å². The fourth-order valence-electron chi connectivity index (χ4n) is 12.0. The number of halogens is 3. The van der Waals surface area contributed by atoms with E-state index in [0.717, 1.165) is 14.7 Å². The minimum Gasteiger partial charge on any atom is -0.390 e. The van der Waals surface area contributed by atoms with Crippen molar-refractivity contribution >= 4 is 65.7 Å². The van der Waals surface area contributed by atoms with Crippen LogP contribution in [0.2, 0.25) is 0 Å². The van der Waals surface area contributed by atoms with E-state index in [9.17, 15) is 51.8 Å². The molecule has 1 rings (SSSR count). The van der Waals surface area contributed by atoms with E-state index in [4.69, 9.17) is 4.74 Å². The van der Waals surface area contributed by atoms with Crippen molar-refractivity contribution in [3.8, 4) is 0 Å². The summed E-state index contributed by atoms with van der Waals surface area (Å²) < 4.78 is 47.9. The molecule has 0 aromatic rings. The van der Waals surface area contributed by atoms with E-state index >= 15 is 19.2 Å². The number of aliphatic hydroxyl groups excluding tert-OH is 1. The van der Waals surface area contributed by atoms with Gasteiger partial charge in [-0.05, 0) is 121 Å². The van der Waals surface area contributed by atoms with Gasteiger partial charge < -0.3 is 54.7 Å². The van der Waals surface area contributed by atoms with Crippen LogP contribution in [0.5, 0.6) is 0 Å². The van der Waals surface area contributed by atoms with Crippen LogP contribution in [0.15, 0.2) is 0 Å². The molecule has 9 amide bonds. The second-order valence-electron chi connectivity index (χ2n) is 28.6. The number of ether oxygens (including phenoxy) is 1. The number of carbonyl (C=O) groups excluding carboxylic acids is 11. The summed E-state index contributed by atoms with van der Waals surface area (Å²) in [6.45, 7) is 28.6. The van der Waals surface area contributed by atoms with E-state index in [1.54, 1.807) is 41.7 Å². The number of alkyl halides is 3. The van der Waals surface area contributed by atoms with Crippen LogP contribution in [0.4, 0.5) is 13.2 Å². The Hall–Kier alpha value is -5.68. The molecule has 14 atom stereocenters. The van der Waals surface area contributed by atoms with Crippen molar-refractivity contribution in [1.29, 1.82) is 0 Å². The number of aldehydes is 2. The number of morpholine rings is 1. The van der Waals surface area contributed by atoms with Crippen molar-refractivity contribution in [2.45, 2.75) is 247 Å². The maximum Gasteiger partial charge on any atom is 0.406 e. The Morgan fingerprint density at radius 3 is 1.62 bits per heavy atom. The van der Waals surface area contributed by atoms with Crippen LogP contribution in [-0.2, 0) is 57.5 Å². The van der Waals surface area contributed by atoms with Gasteiger partial charge in [0.2, 0.25) is 53.2 Å². The fraction of sp³-hybridized carbons (Fsp3) is 0.836. The van der Waals surface area contributed by atoms with Crippen molar-refractivity contribution in [2.24, 2.45) is 41.4 Å². The topological polar surface area (TPSA) is 300 Å². The third kappa shape index (κ3) is 25.0. The molecule has 2 unspecified atom stereocenters. The number of carbonyl (C=O) groups is 11. The molecule has 1 aliphatic rings. The fourth-order valence-corrected chi connectivity index (χ4v) is 12.0. The number of nitrogens with one attached hydrogen (secondary N) is 5. The Labute approximate surface area is 564 Å². The Balaban J connectivity index is 3.94. The van der Waals surface area contributed by atoms with Gasteiger partial charge in [0, 0.05) is 48.8 Å². The van der Waals surface area contributed by atoms with Gasteiger partial charge >= 0.3 is 6.18 Å². The van der Waals surface area contributed by atoms with Crippen LogP contribution >= 0.6 is 0 Å². The average molecular weight is 1360 g/mol. The molecule has 0 bridgehead atoms. The highest BCUT2D eigenvalue weighted by molar-refractivity contribution is 6.01. The van der Waals surface area contributed by atoms with Crippen molar-refractivity contribution < 1.29 is 75.8 Å². The SMILES string of the molecule is CC[C@@H](NC(=O)[C@H]([C@H](O)[C@H](C)CCN1CCOCC1C(F)(F)F)N(C)C(=O)[C@H](C(C)C)N(C)C(=O)[C@H](CCC(C)C)N(C)C(=O)[C@H](CC(C)C)N(C)C(=O)[C@H](C)N[C@H](C)C(=O)NC(=O)C(CC(C)C)NC)C(=O)N(C)[C@H](C)C(=O)N(C)[C@@](C=O)(CC(C)C)N[C@H](C=O)C(C)C. The molecular weight excluding hydrogens is 1240 g/mol. The molecule has 1 aliphatic heterocycles. The number of amides is 9. The van der Waals surface area contributed by atoms with Crippen molar-refractivity contribution in [1.82, 2.24) is 60.9 Å². The molecule has 0 aromatic carbocycles. The third-order valence-electron chi connectivity index (χ3n) is 18.3. The lowest BCUT2D eigenvalue weighted by atomic mass is 9.91. The highest BCUT2D eigenvalue weighted by atomic mass is 19.4. The first-order chi connectivity index (χ1) is 43.8. The van der Waals surface area contributed by atoms with Crippen LogP contribution in [0, 0.1) is 41.4 Å². The maximum atomic E-state index is 15.4. The standard InChI is InChI=1S/C67H121F3N12O13/c1-25-48(62(91)76(19)47(17)61(90)81(24)66(37-84,34-41(8)9)75-50(35-83)42(10)11)73-59(88)55(56(85)44(14)28-29-82-30-31-95-36-53(82)67(68,69)70)80(23)65(94)54(43(12)13)79(22)63(92)51(27-26-38(2)3)77(20)64(93)52(33-40(6)7)78(21)60(89)46(16)72-45(15)57(86)74-58(87)49(71-18)32-39(4)5/h35,37-56,71-72,75,85H,25-34,36H2,1-24H3,(H,73,88)(H,74,86,87)/t44-,45-,46+,47-,48-,49?,50-,51+,52+,53?,54+,55+,56-,66-/m1/s1. The van der Waals surface area contributed by atoms with E-state index in [1.165, 1.54) is 89.6 Å². The number of imide groups is 1. The molecule has 1 fully saturated rings. The number of rotatable bonds is 40. The van der Waals surface area contributed by atoms with Gasteiger partial charge in [0.15, 0.2) is 11.9 Å². The Morgan fingerprint density at radius 2 is 1.15 bits per heavy atom. The molecule has 548 valence electrons. The predicted molar refractivity (Wildman–Crippen MR) is 357 cm³/mol. The van der Waals surface area contributed by atoms with Gasteiger partial charge in [-0.2, -0.15) is 13.2 Å². The minimum atomic E-state index is -4.65. The molecule has 25 nitrogen and oxygen atoms in total. The zero-order chi connectivity index (χ0) is 73.6. The van der Waals surface area contributed by atoms with Crippen LogP contribution in [-0.4, -0.2) is 265 Å². The Morgan fingerprint density at radius 1 is 0.600 bits per heavy atom. The molecule has 0 aromatic heterocycles. The monoisotopic (exact) mass is 1360 g/mol. The smallest absolute Gasteiger partial charge is 0.390 e. The number of likely N-dealkylation sites (N-methyl/N-ethyl adjacent to an activating group) is 7. The van der Waals surface area contributed by atoms with Gasteiger partial charge in [0.05, 0.1) is 43.5 Å². The van der Waals surface area contributed by atoms with E-state index in [0.29, 0.717) is 25.4 Å². The normalized spacial score (nSPS) is 18.4. The highest BCUT2D eigenvalue weighted by Gasteiger charge is 2.49. The molecule has 0 saturated carbocycles. The first kappa shape index (κ1) is 87.3. The molecule has 1 saturated heterocycles. The lowest BCUT2D eigenvalue weighted by molar-refractivity contribution is -0.212. The molecule has 28 heteroatoms. The van der Waals surface area contributed by atoms with Gasteiger partial charge in [-0.1, -0.05) is 96.9 Å². The van der Waals surface area contributed by atoms with Gasteiger partial charge in [0.1, 0.15) is 48.6 Å². The zero-order valence-electron chi connectivity index (χ0n) is 61.5. The summed E-state index contributed by atoms with van der Waals surface area (Å²) in [5, 5.41) is 26.4. The van der Waals surface area contributed by atoms with Crippen LogP contribution in [0.1, 0.15) is 163 Å². The highest BCUT2D eigenvalue weighted by Crippen LogP contribution is 2.30. The zero-order valence-corrected chi connectivity index (χ0v) is 61.5. The van der Waals surface area contributed by atoms with Gasteiger partial charge in [-0.15, -0.1) is 0 Å². The lowest BCUT2D eigenvalue weighted by Gasteiger charge is -2.43. The number of nitrogens with zero attached hydrogens (tertiary/aromatic N) is 7. The van der Waals surface area contributed by atoms with Crippen molar-refractivity contribution in [3.63, 3.8) is 0 Å². The summed E-state index contributed by atoms with van der Waals surface area (Å²) in [6, 6.07) is -13.8. The van der Waals surface area contributed by atoms with Crippen LogP contribution in [0.25, 0.3) is 0 Å². The quantitative estimate of drug-likeness (QED) is 0.0377. The van der Waals surface area contributed by atoms with Gasteiger partial charge in [-0.25, -0.2) is 0 Å². The molecule has 95 heavy (non-hydrogen) atoms. The molecule has 6 N–H and O–H groups in total. The lowest BCUT2D eigenvalue weighted by Crippen LogP contribution is -2.67. The number of aliphatic hydroxyl groups is 1. The molecule has 0 spiro atoms. The minimum absolute atomic E-state index is 0.0144. The first-order valence-corrected chi connectivity index (χ1v) is 33.8. The molecule has 0 radical (unpaired) electrons. The van der Waals surface area contributed by atoms with Gasteiger partial charge in [-0.3, -0.25) is 68.8 Å². The molecule has 0 aliphatic carbocycles. The summed E-state index contributed by atoms with van der Waals surface area (Å²) in [5.74, 6) is -8.54. The maximum absolute atomic E-state index is 15.4. The number of hydrogen-bond donors (Lipinski definition) is 6. The molecular formula is C67H121F3N12O13. The van der Waals surface area contributed by atoms with E-state index in [1.807, 2.05) is 55.4 Å². The first-order valence-electron chi connectivity index (χ1n) is 33.8. The predicted octanol–water partition coefficient (Wildman–Crippen LogP) is 3.68. The van der Waals surface area contributed by atoms with Crippen molar-refractivity contribution in [2.75, 3.05) is 75.6 Å². The summed E-state index contributed by atoms with van der Waals surface area (Å²) in [4.78, 5) is 164. The second kappa shape index (κ2) is 39.7. The summed E-state index contributed by atoms with van der Waals surface area (Å²) in [7, 11) is 9.82. The van der Waals surface area contributed by atoms with Crippen LogP contribution < -0.4 is 26.6 Å².